The molecule has 0 N–H and O–H groups in total. The first-order chi connectivity index (χ1) is 11.5. The third-order valence-electron chi connectivity index (χ3n) is 6.28. The molecule has 2 unspecified atom stereocenters. The number of carbonyl (C=O) groups is 1. The summed E-state index contributed by atoms with van der Waals surface area (Å²) in [7, 11) is 6.39. The number of nitrogens with zero attached hydrogens (tertiary/aromatic N) is 2. The van der Waals surface area contributed by atoms with Crippen molar-refractivity contribution in [1.29, 1.82) is 0 Å². The van der Waals surface area contributed by atoms with Crippen molar-refractivity contribution in [2.24, 2.45) is 11.8 Å². The third-order valence-corrected chi connectivity index (χ3v) is 7.24. The number of amides is 1. The maximum absolute atomic E-state index is 13.0. The van der Waals surface area contributed by atoms with Gasteiger partial charge in [-0.3, -0.25) is 4.79 Å². The molecule has 0 bridgehead atoms. The molecule has 1 aromatic carbocycles. The van der Waals surface area contributed by atoms with Gasteiger partial charge in [-0.05, 0) is 57.7 Å². The Kier molecular flexibility index (Phi) is 4.13. The zero-order valence-corrected chi connectivity index (χ0v) is 15.6. The topological polar surface area (TPSA) is 23.6 Å². The molecule has 1 aromatic heterocycles. The molecule has 2 aromatic rings. The van der Waals surface area contributed by atoms with Crippen LogP contribution in [0.25, 0.3) is 10.1 Å². The van der Waals surface area contributed by atoms with Gasteiger partial charge < -0.3 is 9.80 Å². The number of carbonyl (C=O) groups excluding carboxylic acids is 1. The number of fused-ring (bicyclic) bond motifs is 2. The van der Waals surface area contributed by atoms with Gasteiger partial charge in [-0.1, -0.05) is 18.2 Å². The van der Waals surface area contributed by atoms with Crippen molar-refractivity contribution in [2.45, 2.75) is 37.8 Å². The quantitative estimate of drug-likeness (QED) is 0.839. The van der Waals surface area contributed by atoms with E-state index >= 15 is 0 Å². The van der Waals surface area contributed by atoms with Crippen molar-refractivity contribution in [3.05, 3.63) is 35.2 Å². The molecule has 0 aliphatic heterocycles. The van der Waals surface area contributed by atoms with Crippen LogP contribution in [0.15, 0.2) is 29.6 Å². The Morgan fingerprint density at radius 1 is 1.00 bits per heavy atom. The van der Waals surface area contributed by atoms with Gasteiger partial charge in [0.1, 0.15) is 0 Å². The lowest BCUT2D eigenvalue weighted by Gasteiger charge is -2.27. The largest absolute Gasteiger partial charge is 0.339 e. The molecule has 4 rings (SSSR count). The van der Waals surface area contributed by atoms with Crippen LogP contribution in [0, 0.1) is 11.8 Å². The number of hydrogen-bond acceptors (Lipinski definition) is 3. The first-order valence-electron chi connectivity index (χ1n) is 8.94. The summed E-state index contributed by atoms with van der Waals surface area (Å²) >= 11 is 1.67. The SMILES string of the molecule is CN(C)C1C[C@@H]2CC(N(C)C(=O)c3csc4ccccc34)C[C@@H]2C1. The highest BCUT2D eigenvalue weighted by molar-refractivity contribution is 7.17. The van der Waals surface area contributed by atoms with E-state index in [0.29, 0.717) is 6.04 Å². The highest BCUT2D eigenvalue weighted by atomic mass is 32.1. The van der Waals surface area contributed by atoms with Crippen LogP contribution in [0.4, 0.5) is 0 Å². The molecule has 3 nitrogen and oxygen atoms in total. The fourth-order valence-corrected chi connectivity index (χ4v) is 5.72. The predicted octanol–water partition coefficient (Wildman–Crippen LogP) is 4.09. The summed E-state index contributed by atoms with van der Waals surface area (Å²) in [6.07, 6.45) is 4.97. The number of hydrogen-bond donors (Lipinski definition) is 0. The Hall–Kier alpha value is -1.39. The lowest BCUT2D eigenvalue weighted by molar-refractivity contribution is 0.0728. The van der Waals surface area contributed by atoms with Gasteiger partial charge in [0.05, 0.1) is 5.56 Å². The van der Waals surface area contributed by atoms with Gasteiger partial charge in [-0.2, -0.15) is 0 Å². The van der Waals surface area contributed by atoms with Gasteiger partial charge >= 0.3 is 0 Å². The summed E-state index contributed by atoms with van der Waals surface area (Å²) in [5.74, 6) is 1.80. The molecule has 0 spiro atoms. The molecular formula is C20H26N2OS. The van der Waals surface area contributed by atoms with Crippen molar-refractivity contribution in [3.63, 3.8) is 0 Å². The predicted molar refractivity (Wildman–Crippen MR) is 101 cm³/mol. The van der Waals surface area contributed by atoms with Crippen molar-refractivity contribution >= 4 is 27.3 Å². The van der Waals surface area contributed by atoms with Gasteiger partial charge in [-0.15, -0.1) is 11.3 Å². The molecule has 1 heterocycles. The second kappa shape index (κ2) is 6.16. The van der Waals surface area contributed by atoms with Gasteiger partial charge in [-0.25, -0.2) is 0 Å². The Balaban J connectivity index is 1.47. The highest BCUT2D eigenvalue weighted by Gasteiger charge is 2.44. The minimum Gasteiger partial charge on any atom is -0.339 e. The summed E-state index contributed by atoms with van der Waals surface area (Å²) in [5, 5.41) is 3.13. The van der Waals surface area contributed by atoms with Crippen LogP contribution in [0.5, 0.6) is 0 Å². The molecule has 24 heavy (non-hydrogen) atoms. The van der Waals surface area contributed by atoms with E-state index in [1.54, 1.807) is 11.3 Å². The smallest absolute Gasteiger partial charge is 0.255 e. The standard InChI is InChI=1S/C20H26N2OS/c1-21(2)15-8-13-10-16(11-14(13)9-15)22(3)20(23)18-12-24-19-7-5-4-6-17(18)19/h4-7,12-16H,8-11H2,1-3H3/t13-,14+,15?,16?. The van der Waals surface area contributed by atoms with Crippen LogP contribution in [0.2, 0.25) is 0 Å². The van der Waals surface area contributed by atoms with Gasteiger partial charge in [0.2, 0.25) is 0 Å². The summed E-state index contributed by atoms with van der Waals surface area (Å²) in [4.78, 5) is 17.4. The number of rotatable bonds is 3. The average Bonchev–Trinajstić information content (AvgIpc) is 3.25. The highest BCUT2D eigenvalue weighted by Crippen LogP contribution is 2.46. The second-order valence-electron chi connectivity index (χ2n) is 7.80. The van der Waals surface area contributed by atoms with E-state index in [0.717, 1.165) is 28.8 Å². The fraction of sp³-hybridized carbons (Fsp3) is 0.550. The van der Waals surface area contributed by atoms with Crippen LogP contribution in [-0.2, 0) is 0 Å². The lowest BCUT2D eigenvalue weighted by Crippen LogP contribution is -2.36. The summed E-state index contributed by atoms with van der Waals surface area (Å²) in [6, 6.07) is 9.37. The third kappa shape index (κ3) is 2.66. The molecule has 2 fully saturated rings. The molecule has 2 saturated carbocycles. The summed E-state index contributed by atoms with van der Waals surface area (Å²) < 4.78 is 1.20. The first kappa shape index (κ1) is 16.1. The molecule has 2 aliphatic rings. The van der Waals surface area contributed by atoms with Gasteiger partial charge in [0.15, 0.2) is 0 Å². The summed E-state index contributed by atoms with van der Waals surface area (Å²) in [6.45, 7) is 0. The minimum atomic E-state index is 0.196. The Labute approximate surface area is 148 Å². The number of thiophene rings is 1. The Morgan fingerprint density at radius 2 is 1.62 bits per heavy atom. The zero-order chi connectivity index (χ0) is 16.8. The van der Waals surface area contributed by atoms with E-state index in [9.17, 15) is 4.79 Å². The monoisotopic (exact) mass is 342 g/mol. The van der Waals surface area contributed by atoms with Crippen LogP contribution < -0.4 is 0 Å². The Morgan fingerprint density at radius 3 is 2.29 bits per heavy atom. The van der Waals surface area contributed by atoms with E-state index in [1.807, 2.05) is 29.5 Å². The van der Waals surface area contributed by atoms with Crippen LogP contribution >= 0.6 is 11.3 Å². The first-order valence-corrected chi connectivity index (χ1v) is 9.82. The van der Waals surface area contributed by atoms with Crippen molar-refractivity contribution in [3.8, 4) is 0 Å². The molecule has 4 atom stereocenters. The molecular weight excluding hydrogens is 316 g/mol. The van der Waals surface area contributed by atoms with Crippen molar-refractivity contribution in [1.82, 2.24) is 9.80 Å². The van der Waals surface area contributed by atoms with E-state index in [1.165, 1.54) is 30.4 Å². The van der Waals surface area contributed by atoms with Gasteiger partial charge in [0, 0.05) is 34.6 Å². The average molecular weight is 343 g/mol. The lowest BCUT2D eigenvalue weighted by atomic mass is 10.0. The van der Waals surface area contributed by atoms with E-state index in [-0.39, 0.29) is 5.91 Å². The molecule has 0 radical (unpaired) electrons. The Bertz CT molecular complexity index is 739. The van der Waals surface area contributed by atoms with E-state index < -0.39 is 0 Å². The van der Waals surface area contributed by atoms with Crippen molar-refractivity contribution < 1.29 is 4.79 Å². The van der Waals surface area contributed by atoms with Crippen LogP contribution in [0.1, 0.15) is 36.0 Å². The molecule has 4 heteroatoms. The fourth-order valence-electron chi connectivity index (χ4n) is 4.79. The molecule has 128 valence electrons. The summed E-state index contributed by atoms with van der Waals surface area (Å²) in [5.41, 5.74) is 0.876. The molecule has 0 saturated heterocycles. The number of benzene rings is 1. The second-order valence-corrected chi connectivity index (χ2v) is 8.71. The molecule has 2 aliphatic carbocycles. The van der Waals surface area contributed by atoms with E-state index in [2.05, 4.69) is 31.1 Å². The van der Waals surface area contributed by atoms with E-state index in [4.69, 9.17) is 0 Å². The normalized spacial score (nSPS) is 29.3. The molecule has 1 amide bonds. The van der Waals surface area contributed by atoms with Crippen molar-refractivity contribution in [2.75, 3.05) is 21.1 Å². The van der Waals surface area contributed by atoms with Crippen LogP contribution in [-0.4, -0.2) is 48.9 Å². The maximum atomic E-state index is 13.0. The minimum absolute atomic E-state index is 0.196. The maximum Gasteiger partial charge on any atom is 0.255 e. The zero-order valence-electron chi connectivity index (χ0n) is 14.7. The van der Waals surface area contributed by atoms with Crippen LogP contribution in [0.3, 0.4) is 0 Å². The van der Waals surface area contributed by atoms with Gasteiger partial charge in [0.25, 0.3) is 5.91 Å².